The SMILES string of the molecule is COc1cc(OC)cc(N2CCC(N(C)C(=O)CCC3CCNCC3)C2=O)c1. The lowest BCUT2D eigenvalue weighted by atomic mass is 9.93. The highest BCUT2D eigenvalue weighted by molar-refractivity contribution is 6.01. The summed E-state index contributed by atoms with van der Waals surface area (Å²) in [4.78, 5) is 29.0. The van der Waals surface area contributed by atoms with Crippen LogP contribution in [0.15, 0.2) is 18.2 Å². The molecule has 3 rings (SSSR count). The Morgan fingerprint density at radius 1 is 1.14 bits per heavy atom. The number of hydrogen-bond acceptors (Lipinski definition) is 5. The van der Waals surface area contributed by atoms with Crippen LogP contribution in [0.25, 0.3) is 0 Å². The first kappa shape index (κ1) is 20.5. The van der Waals surface area contributed by atoms with Gasteiger partial charge in [-0.15, -0.1) is 0 Å². The molecule has 1 unspecified atom stereocenters. The highest BCUT2D eigenvalue weighted by Gasteiger charge is 2.37. The lowest BCUT2D eigenvalue weighted by Crippen LogP contribution is -2.43. The van der Waals surface area contributed by atoms with Gasteiger partial charge in [0.1, 0.15) is 17.5 Å². The van der Waals surface area contributed by atoms with Gasteiger partial charge in [0.25, 0.3) is 0 Å². The van der Waals surface area contributed by atoms with Gasteiger partial charge in [-0.1, -0.05) is 0 Å². The van der Waals surface area contributed by atoms with Crippen molar-refractivity contribution < 1.29 is 19.1 Å². The van der Waals surface area contributed by atoms with Gasteiger partial charge >= 0.3 is 0 Å². The van der Waals surface area contributed by atoms with E-state index >= 15 is 0 Å². The second kappa shape index (κ2) is 9.28. The Bertz CT molecular complexity index is 681. The Kier molecular flexibility index (Phi) is 6.78. The van der Waals surface area contributed by atoms with Crippen LogP contribution in [0.3, 0.4) is 0 Å². The molecule has 2 heterocycles. The fraction of sp³-hybridized carbons (Fsp3) is 0.619. The number of ether oxygens (including phenoxy) is 2. The van der Waals surface area contributed by atoms with Crippen LogP contribution in [0.4, 0.5) is 5.69 Å². The number of piperidine rings is 1. The Morgan fingerprint density at radius 2 is 1.79 bits per heavy atom. The third kappa shape index (κ3) is 4.58. The van der Waals surface area contributed by atoms with E-state index in [2.05, 4.69) is 5.32 Å². The van der Waals surface area contributed by atoms with Crippen LogP contribution in [0.1, 0.15) is 32.1 Å². The first-order valence-corrected chi connectivity index (χ1v) is 10.0. The highest BCUT2D eigenvalue weighted by Crippen LogP contribution is 2.32. The molecule has 2 aliphatic heterocycles. The zero-order chi connectivity index (χ0) is 20.1. The second-order valence-electron chi connectivity index (χ2n) is 7.60. The molecule has 2 fully saturated rings. The van der Waals surface area contributed by atoms with Gasteiger partial charge in [0.05, 0.1) is 19.9 Å². The van der Waals surface area contributed by atoms with Crippen molar-refractivity contribution in [1.82, 2.24) is 10.2 Å². The summed E-state index contributed by atoms with van der Waals surface area (Å²) in [6, 6.07) is 5.01. The molecule has 1 N–H and O–H groups in total. The quantitative estimate of drug-likeness (QED) is 0.773. The van der Waals surface area contributed by atoms with Crippen molar-refractivity contribution >= 4 is 17.5 Å². The summed E-state index contributed by atoms with van der Waals surface area (Å²) in [5.41, 5.74) is 0.735. The fourth-order valence-electron chi connectivity index (χ4n) is 4.08. The minimum Gasteiger partial charge on any atom is -0.497 e. The Hall–Kier alpha value is -2.28. The van der Waals surface area contributed by atoms with Gasteiger partial charge in [-0.25, -0.2) is 0 Å². The molecule has 7 heteroatoms. The van der Waals surface area contributed by atoms with Crippen LogP contribution < -0.4 is 19.7 Å². The first-order chi connectivity index (χ1) is 13.5. The minimum absolute atomic E-state index is 0.0481. The maximum Gasteiger partial charge on any atom is 0.249 e. The van der Waals surface area contributed by atoms with Crippen LogP contribution in [0.5, 0.6) is 11.5 Å². The molecule has 2 aliphatic rings. The summed E-state index contributed by atoms with van der Waals surface area (Å²) < 4.78 is 10.6. The van der Waals surface area contributed by atoms with E-state index in [-0.39, 0.29) is 11.8 Å². The van der Waals surface area contributed by atoms with Crippen LogP contribution >= 0.6 is 0 Å². The Morgan fingerprint density at radius 3 is 2.39 bits per heavy atom. The number of hydrogen-bond donors (Lipinski definition) is 1. The van der Waals surface area contributed by atoms with Crippen LogP contribution in [-0.2, 0) is 9.59 Å². The van der Waals surface area contributed by atoms with Crippen molar-refractivity contribution in [2.45, 2.75) is 38.1 Å². The van der Waals surface area contributed by atoms with Gasteiger partial charge in [0.15, 0.2) is 0 Å². The molecule has 0 aromatic heterocycles. The molecule has 7 nitrogen and oxygen atoms in total. The summed E-state index contributed by atoms with van der Waals surface area (Å²) in [5, 5.41) is 3.35. The van der Waals surface area contributed by atoms with Crippen molar-refractivity contribution in [3.63, 3.8) is 0 Å². The summed E-state index contributed by atoms with van der Waals surface area (Å²) in [6.07, 6.45) is 4.31. The molecule has 0 spiro atoms. The Labute approximate surface area is 167 Å². The first-order valence-electron chi connectivity index (χ1n) is 10.0. The third-order valence-corrected chi connectivity index (χ3v) is 5.91. The van der Waals surface area contributed by atoms with E-state index in [4.69, 9.17) is 9.47 Å². The molecule has 154 valence electrons. The monoisotopic (exact) mass is 389 g/mol. The number of benzene rings is 1. The van der Waals surface area contributed by atoms with Crippen molar-refractivity contribution in [1.29, 1.82) is 0 Å². The van der Waals surface area contributed by atoms with Crippen LogP contribution in [0.2, 0.25) is 0 Å². The highest BCUT2D eigenvalue weighted by atomic mass is 16.5. The predicted octanol–water partition coefficient (Wildman–Crippen LogP) is 2.05. The van der Waals surface area contributed by atoms with E-state index in [1.807, 2.05) is 12.1 Å². The van der Waals surface area contributed by atoms with E-state index in [9.17, 15) is 9.59 Å². The van der Waals surface area contributed by atoms with E-state index < -0.39 is 6.04 Å². The number of rotatable bonds is 7. The van der Waals surface area contributed by atoms with Gasteiger partial charge in [-0.2, -0.15) is 0 Å². The van der Waals surface area contributed by atoms with E-state index in [0.717, 1.165) is 38.0 Å². The van der Waals surface area contributed by atoms with Crippen molar-refractivity contribution in [3.05, 3.63) is 18.2 Å². The van der Waals surface area contributed by atoms with Crippen molar-refractivity contribution in [2.75, 3.05) is 45.8 Å². The molecule has 0 aliphatic carbocycles. The largest absolute Gasteiger partial charge is 0.497 e. The molecule has 0 saturated carbocycles. The molecular formula is C21H31N3O4. The van der Waals surface area contributed by atoms with E-state index in [0.29, 0.717) is 36.8 Å². The third-order valence-electron chi connectivity index (χ3n) is 5.91. The molecule has 1 aromatic carbocycles. The molecule has 1 atom stereocenters. The Balaban J connectivity index is 1.62. The summed E-state index contributed by atoms with van der Waals surface area (Å²) in [5.74, 6) is 1.89. The number of anilines is 1. The summed E-state index contributed by atoms with van der Waals surface area (Å²) in [6.45, 7) is 2.65. The van der Waals surface area contributed by atoms with Crippen LogP contribution in [-0.4, -0.2) is 63.7 Å². The molecule has 28 heavy (non-hydrogen) atoms. The van der Waals surface area contributed by atoms with Crippen molar-refractivity contribution in [2.24, 2.45) is 5.92 Å². The lowest BCUT2D eigenvalue weighted by molar-refractivity contribution is -0.137. The smallest absolute Gasteiger partial charge is 0.249 e. The maximum absolute atomic E-state index is 13.0. The normalized spacial score (nSPS) is 20.3. The number of amides is 2. The molecule has 1 aromatic rings. The number of carbonyl (C=O) groups excluding carboxylic acids is 2. The summed E-state index contributed by atoms with van der Waals surface area (Å²) >= 11 is 0. The van der Waals surface area contributed by atoms with Gasteiger partial charge in [0.2, 0.25) is 11.8 Å². The van der Waals surface area contributed by atoms with E-state index in [1.165, 1.54) is 0 Å². The predicted molar refractivity (Wildman–Crippen MR) is 108 cm³/mol. The second-order valence-corrected chi connectivity index (χ2v) is 7.60. The summed E-state index contributed by atoms with van der Waals surface area (Å²) in [7, 11) is 4.92. The number of carbonyl (C=O) groups is 2. The average molecular weight is 389 g/mol. The zero-order valence-electron chi connectivity index (χ0n) is 17.1. The number of methoxy groups -OCH3 is 2. The fourth-order valence-corrected chi connectivity index (χ4v) is 4.08. The molecule has 2 saturated heterocycles. The van der Waals surface area contributed by atoms with Crippen molar-refractivity contribution in [3.8, 4) is 11.5 Å². The lowest BCUT2D eigenvalue weighted by Gasteiger charge is -2.26. The van der Waals surface area contributed by atoms with Gasteiger partial charge in [-0.05, 0) is 44.7 Å². The standard InChI is InChI=1S/C21H31N3O4/c1-23(20(25)5-4-15-6-9-22-10-7-15)19-8-11-24(21(19)26)16-12-17(27-2)14-18(13-16)28-3/h12-15,19,22H,4-11H2,1-3H3. The molecule has 0 radical (unpaired) electrons. The molecular weight excluding hydrogens is 358 g/mol. The molecule has 2 amide bonds. The number of likely N-dealkylation sites (N-methyl/N-ethyl adjacent to an activating group) is 1. The average Bonchev–Trinajstić information content (AvgIpc) is 3.12. The number of nitrogens with one attached hydrogen (secondary N) is 1. The van der Waals surface area contributed by atoms with E-state index in [1.54, 1.807) is 37.1 Å². The van der Waals surface area contributed by atoms with Crippen LogP contribution in [0, 0.1) is 5.92 Å². The van der Waals surface area contributed by atoms with Gasteiger partial charge < -0.3 is 24.6 Å². The topological polar surface area (TPSA) is 71.1 Å². The number of nitrogens with zero attached hydrogens (tertiary/aromatic N) is 2. The van der Waals surface area contributed by atoms with Gasteiger partial charge in [-0.3, -0.25) is 9.59 Å². The zero-order valence-corrected chi connectivity index (χ0v) is 17.1. The minimum atomic E-state index is -0.405. The maximum atomic E-state index is 13.0. The molecule has 0 bridgehead atoms. The van der Waals surface area contributed by atoms with Gasteiger partial charge in [0, 0.05) is 38.2 Å².